The number of aliphatic hydroxyl groups excluding tert-OH is 1. The van der Waals surface area contributed by atoms with Gasteiger partial charge in [0, 0.05) is 43.0 Å². The summed E-state index contributed by atoms with van der Waals surface area (Å²) in [6.07, 6.45) is 4.56. The van der Waals surface area contributed by atoms with E-state index in [0.717, 1.165) is 42.7 Å². The fraction of sp³-hybridized carbons (Fsp3) is 0.533. The van der Waals surface area contributed by atoms with Crippen molar-refractivity contribution < 1.29 is 14.7 Å². The summed E-state index contributed by atoms with van der Waals surface area (Å²) >= 11 is 0. The van der Waals surface area contributed by atoms with E-state index in [-0.39, 0.29) is 11.8 Å². The highest BCUT2D eigenvalue weighted by Crippen LogP contribution is 2.27. The molecule has 4 N–H and O–H groups in total. The SMILES string of the molecule is CCNc1cc(C(=O)N[C@@H](Cc2ccccc2)[C@H](O)CNCCCCC(C)C)cc(N2CCCC2=O)c1. The number of aliphatic hydroxyl groups is 1. The maximum Gasteiger partial charge on any atom is 0.251 e. The number of benzene rings is 2. The molecule has 0 unspecified atom stereocenters. The highest BCUT2D eigenvalue weighted by molar-refractivity contribution is 6.00. The Morgan fingerprint density at radius 2 is 1.89 bits per heavy atom. The van der Waals surface area contributed by atoms with Crippen LogP contribution < -0.4 is 20.9 Å². The molecule has 2 amide bonds. The van der Waals surface area contributed by atoms with Crippen LogP contribution in [0, 0.1) is 5.92 Å². The van der Waals surface area contributed by atoms with Crippen molar-refractivity contribution in [2.24, 2.45) is 5.92 Å². The van der Waals surface area contributed by atoms with Gasteiger partial charge in [0.15, 0.2) is 0 Å². The van der Waals surface area contributed by atoms with Crippen molar-refractivity contribution in [2.45, 2.75) is 71.4 Å². The predicted molar refractivity (Wildman–Crippen MR) is 151 cm³/mol. The van der Waals surface area contributed by atoms with E-state index in [4.69, 9.17) is 0 Å². The Labute approximate surface area is 222 Å². The lowest BCUT2D eigenvalue weighted by Gasteiger charge is -2.25. The lowest BCUT2D eigenvalue weighted by Crippen LogP contribution is -2.48. The number of hydrogen-bond acceptors (Lipinski definition) is 5. The van der Waals surface area contributed by atoms with E-state index in [1.54, 1.807) is 11.0 Å². The van der Waals surface area contributed by atoms with Crippen LogP contribution in [0.15, 0.2) is 48.5 Å². The topological polar surface area (TPSA) is 93.7 Å². The van der Waals surface area contributed by atoms with Crippen molar-refractivity contribution >= 4 is 23.2 Å². The van der Waals surface area contributed by atoms with Gasteiger partial charge in [-0.2, -0.15) is 0 Å². The molecule has 2 aromatic carbocycles. The van der Waals surface area contributed by atoms with Crippen LogP contribution in [0.25, 0.3) is 0 Å². The molecule has 7 heteroatoms. The molecule has 1 saturated heterocycles. The number of amides is 2. The number of unbranched alkanes of at least 4 members (excludes halogenated alkanes) is 1. The number of carbonyl (C=O) groups excluding carboxylic acids is 2. The summed E-state index contributed by atoms with van der Waals surface area (Å²) in [4.78, 5) is 27.6. The van der Waals surface area contributed by atoms with Crippen molar-refractivity contribution in [3.8, 4) is 0 Å². The molecule has 1 fully saturated rings. The van der Waals surface area contributed by atoms with Crippen LogP contribution >= 0.6 is 0 Å². The lowest BCUT2D eigenvalue weighted by molar-refractivity contribution is -0.117. The second kappa shape index (κ2) is 14.7. The quantitative estimate of drug-likeness (QED) is 0.268. The first-order chi connectivity index (χ1) is 17.9. The highest BCUT2D eigenvalue weighted by Gasteiger charge is 2.25. The summed E-state index contributed by atoms with van der Waals surface area (Å²) in [6.45, 7) is 9.07. The molecule has 2 aromatic rings. The number of carbonyl (C=O) groups is 2. The van der Waals surface area contributed by atoms with Crippen LogP contribution in [-0.4, -0.2) is 55.2 Å². The number of nitrogens with zero attached hydrogens (tertiary/aromatic N) is 1. The van der Waals surface area contributed by atoms with Crippen LogP contribution in [-0.2, 0) is 11.2 Å². The van der Waals surface area contributed by atoms with E-state index in [1.165, 1.54) is 6.42 Å². The average molecular weight is 509 g/mol. The summed E-state index contributed by atoms with van der Waals surface area (Å²) in [5.74, 6) is 0.521. The zero-order valence-electron chi connectivity index (χ0n) is 22.6. The Morgan fingerprint density at radius 1 is 1.11 bits per heavy atom. The van der Waals surface area contributed by atoms with Crippen molar-refractivity contribution in [3.05, 3.63) is 59.7 Å². The fourth-order valence-corrected chi connectivity index (χ4v) is 4.72. The molecule has 1 aliphatic rings. The zero-order valence-corrected chi connectivity index (χ0v) is 22.6. The average Bonchev–Trinajstić information content (AvgIpc) is 3.31. The molecular weight excluding hydrogens is 464 g/mol. The van der Waals surface area contributed by atoms with E-state index in [1.807, 2.05) is 49.4 Å². The molecule has 0 bridgehead atoms. The molecule has 0 spiro atoms. The summed E-state index contributed by atoms with van der Waals surface area (Å²) in [5, 5.41) is 20.8. The summed E-state index contributed by atoms with van der Waals surface area (Å²) < 4.78 is 0. The highest BCUT2D eigenvalue weighted by atomic mass is 16.3. The molecule has 37 heavy (non-hydrogen) atoms. The monoisotopic (exact) mass is 508 g/mol. The number of nitrogens with one attached hydrogen (secondary N) is 3. The Balaban J connectivity index is 1.71. The third kappa shape index (κ3) is 9.17. The second-order valence-corrected chi connectivity index (χ2v) is 10.4. The second-order valence-electron chi connectivity index (χ2n) is 10.4. The van der Waals surface area contributed by atoms with Gasteiger partial charge < -0.3 is 26.0 Å². The van der Waals surface area contributed by atoms with Gasteiger partial charge in [0.25, 0.3) is 5.91 Å². The smallest absolute Gasteiger partial charge is 0.251 e. The van der Waals surface area contributed by atoms with E-state index < -0.39 is 12.1 Å². The minimum atomic E-state index is -0.745. The Bertz CT molecular complexity index is 996. The van der Waals surface area contributed by atoms with Crippen molar-refractivity contribution in [2.75, 3.05) is 36.4 Å². The number of anilines is 2. The van der Waals surface area contributed by atoms with Gasteiger partial charge in [0.2, 0.25) is 5.91 Å². The molecule has 2 atom stereocenters. The first-order valence-electron chi connectivity index (χ1n) is 13.8. The maximum atomic E-state index is 13.5. The molecule has 7 nitrogen and oxygen atoms in total. The standard InChI is InChI=1S/C30H44N4O3/c1-4-32-25-18-24(19-26(20-25)34-16-10-14-29(34)36)30(37)33-27(17-23-12-6-5-7-13-23)28(35)21-31-15-9-8-11-22(2)3/h5-7,12-13,18-20,22,27-28,31-32,35H,4,8-11,14-17,21H2,1-3H3,(H,33,37)/t27-,28+/m0/s1. The molecule has 1 heterocycles. The summed E-state index contributed by atoms with van der Waals surface area (Å²) in [6, 6.07) is 14.9. The molecule has 0 radical (unpaired) electrons. The van der Waals surface area contributed by atoms with Crippen LogP contribution in [0.5, 0.6) is 0 Å². The van der Waals surface area contributed by atoms with E-state index in [2.05, 4.69) is 29.8 Å². The van der Waals surface area contributed by atoms with E-state index >= 15 is 0 Å². The normalized spacial score (nSPS) is 15.2. The summed E-state index contributed by atoms with van der Waals surface area (Å²) in [7, 11) is 0. The van der Waals surface area contributed by atoms with Gasteiger partial charge in [0.05, 0.1) is 12.1 Å². The Hall–Kier alpha value is -2.90. The van der Waals surface area contributed by atoms with Gasteiger partial charge in [-0.15, -0.1) is 0 Å². The third-order valence-corrected chi connectivity index (χ3v) is 6.76. The fourth-order valence-electron chi connectivity index (χ4n) is 4.72. The van der Waals surface area contributed by atoms with Crippen molar-refractivity contribution in [1.29, 1.82) is 0 Å². The van der Waals surface area contributed by atoms with Gasteiger partial charge in [-0.25, -0.2) is 0 Å². The predicted octanol–water partition coefficient (Wildman–Crippen LogP) is 4.36. The number of rotatable bonds is 15. The molecule has 1 aliphatic heterocycles. The molecule has 202 valence electrons. The first kappa shape index (κ1) is 28.7. The molecule has 0 aromatic heterocycles. The maximum absolute atomic E-state index is 13.5. The van der Waals surface area contributed by atoms with Crippen LogP contribution in [0.1, 0.15) is 68.8 Å². The van der Waals surface area contributed by atoms with Gasteiger partial charge in [0.1, 0.15) is 0 Å². The molecule has 0 saturated carbocycles. The third-order valence-electron chi connectivity index (χ3n) is 6.76. The Morgan fingerprint density at radius 3 is 2.57 bits per heavy atom. The van der Waals surface area contributed by atoms with Crippen LogP contribution in [0.3, 0.4) is 0 Å². The van der Waals surface area contributed by atoms with Crippen LogP contribution in [0.4, 0.5) is 11.4 Å². The van der Waals surface area contributed by atoms with E-state index in [9.17, 15) is 14.7 Å². The minimum Gasteiger partial charge on any atom is -0.390 e. The van der Waals surface area contributed by atoms with Gasteiger partial charge in [-0.1, -0.05) is 57.0 Å². The summed E-state index contributed by atoms with van der Waals surface area (Å²) in [5.41, 5.74) is 3.05. The van der Waals surface area contributed by atoms with Crippen molar-refractivity contribution in [1.82, 2.24) is 10.6 Å². The van der Waals surface area contributed by atoms with Gasteiger partial charge >= 0.3 is 0 Å². The van der Waals surface area contributed by atoms with Gasteiger partial charge in [-0.05, 0) is 62.4 Å². The molecule has 3 rings (SSSR count). The molecular formula is C30H44N4O3. The largest absolute Gasteiger partial charge is 0.390 e. The van der Waals surface area contributed by atoms with E-state index in [0.29, 0.717) is 44.0 Å². The molecule has 0 aliphatic carbocycles. The van der Waals surface area contributed by atoms with Gasteiger partial charge in [-0.3, -0.25) is 9.59 Å². The first-order valence-corrected chi connectivity index (χ1v) is 13.8. The zero-order chi connectivity index (χ0) is 26.6. The Kier molecular flexibility index (Phi) is 11.4. The minimum absolute atomic E-state index is 0.0804. The van der Waals surface area contributed by atoms with Crippen LogP contribution in [0.2, 0.25) is 0 Å². The lowest BCUT2D eigenvalue weighted by atomic mass is 10.00. The van der Waals surface area contributed by atoms with Crippen molar-refractivity contribution in [3.63, 3.8) is 0 Å². The number of hydrogen-bond donors (Lipinski definition) is 4.